The van der Waals surface area contributed by atoms with E-state index in [9.17, 15) is 24.0 Å². The maximum atomic E-state index is 13.4. The first kappa shape index (κ1) is 50.4. The molecule has 11 heteroatoms. The van der Waals surface area contributed by atoms with Crippen molar-refractivity contribution in [1.82, 2.24) is 10.2 Å². The molecule has 1 N–H and O–H groups in total. The van der Waals surface area contributed by atoms with E-state index < -0.39 is 17.7 Å². The lowest BCUT2D eigenvalue weighted by atomic mass is 9.87. The van der Waals surface area contributed by atoms with Crippen molar-refractivity contribution in [2.45, 2.75) is 143 Å². The molecule has 0 bridgehead atoms. The fourth-order valence-corrected chi connectivity index (χ4v) is 9.15. The van der Waals surface area contributed by atoms with Crippen molar-refractivity contribution in [3.8, 4) is 0 Å². The van der Waals surface area contributed by atoms with E-state index in [0.717, 1.165) is 82.3 Å². The summed E-state index contributed by atoms with van der Waals surface area (Å²) in [7, 11) is 0. The number of Topliss-reactive ketones (excluding diaryl/α,β-unsaturated/α-hetero) is 2. The number of para-hydroxylation sites is 2. The molecule has 6 rings (SSSR count). The quantitative estimate of drug-likeness (QED) is 0.188. The number of hydrogen-bond donors (Lipinski definition) is 1. The third kappa shape index (κ3) is 14.9. The Kier molecular flexibility index (Phi) is 19.5. The van der Waals surface area contributed by atoms with Gasteiger partial charge in [-0.2, -0.15) is 0 Å². The Morgan fingerprint density at radius 3 is 1.68 bits per heavy atom. The van der Waals surface area contributed by atoms with Crippen LogP contribution in [0.3, 0.4) is 0 Å². The van der Waals surface area contributed by atoms with Crippen LogP contribution in [0.15, 0.2) is 72.8 Å². The van der Waals surface area contributed by atoms with Crippen molar-refractivity contribution in [2.24, 2.45) is 23.7 Å². The Morgan fingerprint density at radius 2 is 1.19 bits per heavy atom. The van der Waals surface area contributed by atoms with E-state index in [2.05, 4.69) is 45.1 Å². The van der Waals surface area contributed by atoms with E-state index in [4.69, 9.17) is 4.74 Å². The van der Waals surface area contributed by atoms with Crippen molar-refractivity contribution in [3.05, 3.63) is 84.0 Å². The zero-order valence-electron chi connectivity index (χ0n) is 38.4. The predicted molar refractivity (Wildman–Crippen MR) is 252 cm³/mol. The topological polar surface area (TPSA) is 116 Å². The van der Waals surface area contributed by atoms with Crippen LogP contribution in [-0.2, 0) is 36.8 Å². The number of nitrogens with one attached hydrogen (secondary N) is 1. The Hall–Kier alpha value is -4.28. The number of amides is 3. The second-order valence-corrected chi connectivity index (χ2v) is 19.3. The number of ketones is 2. The van der Waals surface area contributed by atoms with Gasteiger partial charge >= 0.3 is 6.09 Å². The molecular weight excluding hydrogens is 800 g/mol. The summed E-state index contributed by atoms with van der Waals surface area (Å²) in [6.07, 6.45) is 16.9. The Bertz CT molecular complexity index is 1880. The second-order valence-electron chi connectivity index (χ2n) is 19.3. The van der Waals surface area contributed by atoms with Gasteiger partial charge in [-0.3, -0.25) is 24.1 Å². The molecule has 2 aromatic rings. The zero-order valence-corrected chi connectivity index (χ0v) is 39.2. The molecule has 0 aromatic heterocycles. The molecule has 2 saturated heterocycles. The van der Waals surface area contributed by atoms with Crippen LogP contribution in [0.5, 0.6) is 0 Å². The van der Waals surface area contributed by atoms with E-state index >= 15 is 0 Å². The smallest absolute Gasteiger partial charge is 0.410 e. The molecule has 4 aliphatic rings. The molecule has 0 saturated carbocycles. The van der Waals surface area contributed by atoms with Crippen molar-refractivity contribution in [1.29, 1.82) is 0 Å². The number of benzene rings is 2. The zero-order chi connectivity index (χ0) is 44.1. The van der Waals surface area contributed by atoms with Gasteiger partial charge in [-0.1, -0.05) is 82.7 Å². The summed E-state index contributed by atoms with van der Waals surface area (Å²) in [6, 6.07) is 15.6. The van der Waals surface area contributed by atoms with Crippen LogP contribution in [0.4, 0.5) is 16.2 Å². The minimum absolute atomic E-state index is 0. The standard InChI is InChI=1S/C28H40N2O4.C23H32N2O2.ClH/c1-20(2)18-21(13-14-26(32)29-17-15-22-10-6-7-11-23(22)29)19-25(31)24-12-8-9-16-30(24)27(33)34-28(3,4)5;1-17(2)15-18(16-22(26)20-8-5-6-13-24-20)10-11-23(27)25-14-12-19-7-3-4-9-21(19)25;/h6-7,10-11,13-14,20-21,24H,8-9,12,15-19H2,1-5H3;3-4,7,9-11,17-18,20,24H,5-6,8,12-16H2,1-2H3;1H/b14-13+;11-10+;/t21-,24+;18-,20+;/m11./s1. The number of nitrogens with zero attached hydrogens (tertiary/aromatic N) is 3. The maximum Gasteiger partial charge on any atom is 0.410 e. The SMILES string of the molecule is CC(C)C[C@@H](/C=C/C(=O)N1CCc2ccccc21)CC(=O)[C@@H]1CCCCN1.CC(C)C[C@@H](/C=C/C(=O)N1CCc2ccccc21)CC(=O)[C@@H]1CCCCN1C(=O)OC(C)(C)C.Cl. The van der Waals surface area contributed by atoms with Gasteiger partial charge in [-0.05, 0) is 144 Å². The maximum absolute atomic E-state index is 13.4. The summed E-state index contributed by atoms with van der Waals surface area (Å²) >= 11 is 0. The fraction of sp³-hybridized carbons (Fsp3) is 0.588. The summed E-state index contributed by atoms with van der Waals surface area (Å²) in [5, 5.41) is 3.35. The first-order valence-electron chi connectivity index (χ1n) is 23.0. The number of piperidine rings is 2. The molecule has 4 heterocycles. The van der Waals surface area contributed by atoms with Crippen LogP contribution in [-0.4, -0.2) is 78.2 Å². The summed E-state index contributed by atoms with van der Waals surface area (Å²) in [5.41, 5.74) is 3.83. The highest BCUT2D eigenvalue weighted by atomic mass is 35.5. The second kappa shape index (κ2) is 24.0. The molecule has 0 aliphatic carbocycles. The van der Waals surface area contributed by atoms with Crippen LogP contribution in [0, 0.1) is 23.7 Å². The van der Waals surface area contributed by atoms with Crippen LogP contribution in [0.2, 0.25) is 0 Å². The van der Waals surface area contributed by atoms with Crippen LogP contribution in [0.1, 0.15) is 124 Å². The van der Waals surface area contributed by atoms with Crippen LogP contribution < -0.4 is 15.1 Å². The molecule has 0 radical (unpaired) electrons. The largest absolute Gasteiger partial charge is 0.444 e. The minimum Gasteiger partial charge on any atom is -0.444 e. The summed E-state index contributed by atoms with van der Waals surface area (Å²) in [6.45, 7) is 17.0. The summed E-state index contributed by atoms with van der Waals surface area (Å²) in [4.78, 5) is 69.7. The number of fused-ring (bicyclic) bond motifs is 2. The highest BCUT2D eigenvalue weighted by Gasteiger charge is 2.35. The monoisotopic (exact) mass is 873 g/mol. The number of carbonyl (C=O) groups is 5. The third-order valence-electron chi connectivity index (χ3n) is 12.0. The Morgan fingerprint density at radius 1 is 0.694 bits per heavy atom. The first-order valence-corrected chi connectivity index (χ1v) is 23.0. The van der Waals surface area contributed by atoms with E-state index in [1.54, 1.807) is 17.1 Å². The van der Waals surface area contributed by atoms with Crippen molar-refractivity contribution >= 4 is 53.3 Å². The number of allylic oxidation sites excluding steroid dienone is 2. The van der Waals surface area contributed by atoms with Gasteiger partial charge in [-0.15, -0.1) is 12.4 Å². The Balaban J connectivity index is 0.000000275. The van der Waals surface area contributed by atoms with Gasteiger partial charge in [0.05, 0.1) is 12.1 Å². The van der Waals surface area contributed by atoms with Gasteiger partial charge < -0.3 is 19.9 Å². The number of anilines is 2. The van der Waals surface area contributed by atoms with Crippen molar-refractivity contribution in [3.63, 3.8) is 0 Å². The van der Waals surface area contributed by atoms with Gasteiger partial charge in [-0.25, -0.2) is 4.79 Å². The molecular formula is C51H73ClN4O6. The molecule has 2 fully saturated rings. The van der Waals surface area contributed by atoms with E-state index in [0.29, 0.717) is 50.0 Å². The molecule has 10 nitrogen and oxygen atoms in total. The molecule has 62 heavy (non-hydrogen) atoms. The fourth-order valence-electron chi connectivity index (χ4n) is 9.15. The number of ether oxygens (including phenoxy) is 1. The number of halogens is 1. The lowest BCUT2D eigenvalue weighted by molar-refractivity contribution is -0.126. The van der Waals surface area contributed by atoms with Gasteiger partial charge in [0.15, 0.2) is 5.78 Å². The molecule has 2 aromatic carbocycles. The molecule has 0 spiro atoms. The van der Waals surface area contributed by atoms with Crippen molar-refractivity contribution in [2.75, 3.05) is 36.0 Å². The molecule has 0 unspecified atom stereocenters. The average molecular weight is 874 g/mol. The molecule has 4 aliphatic heterocycles. The molecule has 4 atom stereocenters. The predicted octanol–water partition coefficient (Wildman–Crippen LogP) is 9.86. The van der Waals surface area contributed by atoms with Gasteiger partial charge in [0, 0.05) is 43.9 Å². The van der Waals surface area contributed by atoms with Gasteiger partial charge in [0.25, 0.3) is 11.8 Å². The lowest BCUT2D eigenvalue weighted by Crippen LogP contribution is -2.50. The number of likely N-dealkylation sites (tertiary alicyclic amines) is 1. The third-order valence-corrected chi connectivity index (χ3v) is 12.0. The number of carbonyl (C=O) groups excluding carboxylic acids is 5. The molecule has 340 valence electrons. The Labute approximate surface area is 377 Å². The highest BCUT2D eigenvalue weighted by Crippen LogP contribution is 2.30. The van der Waals surface area contributed by atoms with E-state index in [-0.39, 0.29) is 47.9 Å². The minimum atomic E-state index is -0.598. The van der Waals surface area contributed by atoms with Crippen LogP contribution in [0.25, 0.3) is 0 Å². The highest BCUT2D eigenvalue weighted by molar-refractivity contribution is 6.03. The number of rotatable bonds is 14. The summed E-state index contributed by atoms with van der Waals surface area (Å²) < 4.78 is 5.56. The average Bonchev–Trinajstić information content (AvgIpc) is 3.86. The van der Waals surface area contributed by atoms with E-state index in [1.807, 2.05) is 79.1 Å². The lowest BCUT2D eigenvalue weighted by Gasteiger charge is -2.36. The summed E-state index contributed by atoms with van der Waals surface area (Å²) in [5.74, 6) is 1.30. The van der Waals surface area contributed by atoms with Crippen molar-refractivity contribution < 1.29 is 28.7 Å². The number of hydrogen-bond acceptors (Lipinski definition) is 7. The van der Waals surface area contributed by atoms with Gasteiger partial charge in [0.1, 0.15) is 11.4 Å². The van der Waals surface area contributed by atoms with Gasteiger partial charge in [0.2, 0.25) is 0 Å². The first-order chi connectivity index (χ1) is 29.1. The van der Waals surface area contributed by atoms with Crippen LogP contribution >= 0.6 is 12.4 Å². The van der Waals surface area contributed by atoms with E-state index in [1.165, 1.54) is 11.1 Å². The normalized spacial score (nSPS) is 19.7. The molecule has 3 amide bonds.